The molecule has 0 aliphatic carbocycles. The summed E-state index contributed by atoms with van der Waals surface area (Å²) in [5.74, 6) is 1.32. The van der Waals surface area contributed by atoms with E-state index in [0.29, 0.717) is 12.3 Å². The number of thioether (sulfide) groups is 1. The predicted molar refractivity (Wildman–Crippen MR) is 73.8 cm³/mol. The van der Waals surface area contributed by atoms with Gasteiger partial charge >= 0.3 is 0 Å². The molecule has 0 amide bonds. The van der Waals surface area contributed by atoms with Gasteiger partial charge in [0.05, 0.1) is 0 Å². The van der Waals surface area contributed by atoms with Crippen molar-refractivity contribution in [2.45, 2.75) is 6.10 Å². The lowest BCUT2D eigenvalue weighted by molar-refractivity contribution is 0.0781. The van der Waals surface area contributed by atoms with E-state index in [0.717, 1.165) is 12.3 Å². The van der Waals surface area contributed by atoms with Crippen molar-refractivity contribution < 1.29 is 14.2 Å². The van der Waals surface area contributed by atoms with Gasteiger partial charge < -0.3 is 14.7 Å². The van der Waals surface area contributed by atoms with Crippen LogP contribution in [0.2, 0.25) is 0 Å². The van der Waals surface area contributed by atoms with Crippen LogP contribution >= 0.6 is 11.8 Å². The highest BCUT2D eigenvalue weighted by Gasteiger charge is 2.08. The van der Waals surface area contributed by atoms with E-state index in [9.17, 15) is 9.50 Å². The van der Waals surface area contributed by atoms with Crippen LogP contribution in [-0.2, 0) is 0 Å². The number of likely N-dealkylation sites (N-methyl/N-ethyl adjacent to an activating group) is 1. The SMILES string of the molecule is CSCCN(C)CC(O)COc1ccc(F)cc1. The summed E-state index contributed by atoms with van der Waals surface area (Å²) in [6, 6.07) is 5.79. The highest BCUT2D eigenvalue weighted by Crippen LogP contribution is 2.11. The van der Waals surface area contributed by atoms with Crippen molar-refractivity contribution >= 4 is 11.8 Å². The Morgan fingerprint density at radius 3 is 2.67 bits per heavy atom. The van der Waals surface area contributed by atoms with Crippen LogP contribution in [0.25, 0.3) is 0 Å². The molecule has 1 aromatic carbocycles. The number of rotatable bonds is 8. The summed E-state index contributed by atoms with van der Waals surface area (Å²) in [5.41, 5.74) is 0. The summed E-state index contributed by atoms with van der Waals surface area (Å²) in [4.78, 5) is 2.06. The minimum absolute atomic E-state index is 0.218. The van der Waals surface area contributed by atoms with Crippen LogP contribution in [0.4, 0.5) is 4.39 Å². The van der Waals surface area contributed by atoms with Gasteiger partial charge in [-0.25, -0.2) is 4.39 Å². The minimum atomic E-state index is -0.540. The van der Waals surface area contributed by atoms with Gasteiger partial charge in [-0.05, 0) is 37.6 Å². The Hall–Kier alpha value is -0.780. The van der Waals surface area contributed by atoms with Crippen molar-refractivity contribution in [2.75, 3.05) is 38.8 Å². The Morgan fingerprint density at radius 2 is 2.06 bits per heavy atom. The molecule has 0 radical (unpaired) electrons. The molecular formula is C13H20FNO2S. The molecule has 1 aromatic rings. The van der Waals surface area contributed by atoms with Crippen molar-refractivity contribution in [1.82, 2.24) is 4.90 Å². The molecule has 0 heterocycles. The molecule has 1 unspecified atom stereocenters. The quantitative estimate of drug-likeness (QED) is 0.783. The Labute approximate surface area is 112 Å². The van der Waals surface area contributed by atoms with E-state index in [-0.39, 0.29) is 12.4 Å². The minimum Gasteiger partial charge on any atom is -0.491 e. The highest BCUT2D eigenvalue weighted by atomic mass is 32.2. The lowest BCUT2D eigenvalue weighted by Gasteiger charge is -2.20. The Kier molecular flexibility index (Phi) is 7.08. The number of aliphatic hydroxyl groups excluding tert-OH is 1. The van der Waals surface area contributed by atoms with Gasteiger partial charge in [-0.15, -0.1) is 0 Å². The molecule has 0 spiro atoms. The lowest BCUT2D eigenvalue weighted by atomic mass is 10.3. The third-order valence-corrected chi connectivity index (χ3v) is 3.05. The van der Waals surface area contributed by atoms with Crippen molar-refractivity contribution in [3.63, 3.8) is 0 Å². The van der Waals surface area contributed by atoms with E-state index in [1.54, 1.807) is 23.9 Å². The normalized spacial score (nSPS) is 12.7. The van der Waals surface area contributed by atoms with Crippen LogP contribution in [0.3, 0.4) is 0 Å². The van der Waals surface area contributed by atoms with E-state index in [2.05, 4.69) is 11.2 Å². The molecule has 1 rings (SSSR count). The number of hydrogen-bond acceptors (Lipinski definition) is 4. The molecule has 0 bridgehead atoms. The van der Waals surface area contributed by atoms with Crippen LogP contribution in [0.1, 0.15) is 0 Å². The molecule has 18 heavy (non-hydrogen) atoms. The Bertz CT molecular complexity index is 334. The summed E-state index contributed by atoms with van der Waals surface area (Å²) in [5, 5.41) is 9.79. The van der Waals surface area contributed by atoms with Crippen molar-refractivity contribution in [3.8, 4) is 5.75 Å². The first-order valence-electron chi connectivity index (χ1n) is 5.85. The van der Waals surface area contributed by atoms with Crippen molar-refractivity contribution in [1.29, 1.82) is 0 Å². The molecule has 0 aliphatic heterocycles. The fraction of sp³-hybridized carbons (Fsp3) is 0.538. The van der Waals surface area contributed by atoms with Gasteiger partial charge in [0.15, 0.2) is 0 Å². The lowest BCUT2D eigenvalue weighted by Crippen LogP contribution is -2.34. The second-order valence-corrected chi connectivity index (χ2v) is 5.16. The maximum absolute atomic E-state index is 12.7. The van der Waals surface area contributed by atoms with Gasteiger partial charge in [0.25, 0.3) is 0 Å². The molecule has 0 aliphatic rings. The summed E-state index contributed by atoms with van der Waals surface area (Å²) < 4.78 is 18.0. The third-order valence-electron chi connectivity index (χ3n) is 2.46. The van der Waals surface area contributed by atoms with Crippen LogP contribution in [0, 0.1) is 5.82 Å². The van der Waals surface area contributed by atoms with E-state index >= 15 is 0 Å². The predicted octanol–water partition coefficient (Wildman–Crippen LogP) is 1.86. The van der Waals surface area contributed by atoms with E-state index in [4.69, 9.17) is 4.74 Å². The zero-order chi connectivity index (χ0) is 13.4. The Balaban J connectivity index is 2.24. The molecule has 0 aromatic heterocycles. The van der Waals surface area contributed by atoms with E-state index in [1.807, 2.05) is 7.05 Å². The topological polar surface area (TPSA) is 32.7 Å². The highest BCUT2D eigenvalue weighted by molar-refractivity contribution is 7.98. The fourth-order valence-electron chi connectivity index (χ4n) is 1.47. The molecular weight excluding hydrogens is 253 g/mol. The second kappa shape index (κ2) is 8.34. The first-order valence-corrected chi connectivity index (χ1v) is 7.25. The number of aliphatic hydroxyl groups is 1. The molecule has 0 saturated carbocycles. The van der Waals surface area contributed by atoms with Gasteiger partial charge in [0, 0.05) is 18.8 Å². The zero-order valence-electron chi connectivity index (χ0n) is 10.8. The van der Waals surface area contributed by atoms with Crippen LogP contribution in [0.15, 0.2) is 24.3 Å². The molecule has 102 valence electrons. The van der Waals surface area contributed by atoms with E-state index in [1.165, 1.54) is 12.1 Å². The number of benzene rings is 1. The number of ether oxygens (including phenoxy) is 1. The average molecular weight is 273 g/mol. The van der Waals surface area contributed by atoms with Gasteiger partial charge in [0.1, 0.15) is 24.3 Å². The molecule has 0 fully saturated rings. The van der Waals surface area contributed by atoms with E-state index < -0.39 is 6.10 Å². The van der Waals surface area contributed by atoms with Gasteiger partial charge in [-0.3, -0.25) is 0 Å². The first kappa shape index (κ1) is 15.3. The molecule has 0 saturated heterocycles. The number of nitrogens with zero attached hydrogens (tertiary/aromatic N) is 1. The maximum Gasteiger partial charge on any atom is 0.123 e. The van der Waals surface area contributed by atoms with Crippen LogP contribution in [-0.4, -0.2) is 54.9 Å². The van der Waals surface area contributed by atoms with Crippen LogP contribution in [0.5, 0.6) is 5.75 Å². The number of halogens is 1. The second-order valence-electron chi connectivity index (χ2n) is 4.17. The third kappa shape index (κ3) is 6.23. The van der Waals surface area contributed by atoms with Gasteiger partial charge in [-0.2, -0.15) is 11.8 Å². The van der Waals surface area contributed by atoms with Gasteiger partial charge in [0.2, 0.25) is 0 Å². The molecule has 1 atom stereocenters. The maximum atomic E-state index is 12.7. The summed E-state index contributed by atoms with van der Waals surface area (Å²) >= 11 is 1.78. The zero-order valence-corrected chi connectivity index (χ0v) is 11.6. The summed E-state index contributed by atoms with van der Waals surface area (Å²) in [6.07, 6.45) is 1.52. The first-order chi connectivity index (χ1) is 8.61. The standard InChI is InChI=1S/C13H20FNO2S/c1-15(7-8-18-2)9-12(16)10-17-13-5-3-11(14)4-6-13/h3-6,12,16H,7-10H2,1-2H3. The molecule has 5 heteroatoms. The van der Waals surface area contributed by atoms with Crippen molar-refractivity contribution in [3.05, 3.63) is 30.1 Å². The monoisotopic (exact) mass is 273 g/mol. The van der Waals surface area contributed by atoms with Crippen molar-refractivity contribution in [2.24, 2.45) is 0 Å². The van der Waals surface area contributed by atoms with Crippen LogP contribution < -0.4 is 4.74 Å². The smallest absolute Gasteiger partial charge is 0.123 e. The fourth-order valence-corrected chi connectivity index (χ4v) is 1.97. The molecule has 1 N–H and O–H groups in total. The Morgan fingerprint density at radius 1 is 1.39 bits per heavy atom. The summed E-state index contributed by atoms with van der Waals surface area (Å²) in [6.45, 7) is 1.73. The number of hydrogen-bond donors (Lipinski definition) is 1. The largest absolute Gasteiger partial charge is 0.491 e. The summed E-state index contributed by atoms with van der Waals surface area (Å²) in [7, 11) is 1.97. The average Bonchev–Trinajstić information content (AvgIpc) is 2.35. The van der Waals surface area contributed by atoms with Gasteiger partial charge in [-0.1, -0.05) is 0 Å². The molecule has 3 nitrogen and oxygen atoms in total.